The number of hydrogen-bond acceptors (Lipinski definition) is 3. The molecule has 0 aromatic heterocycles. The molecule has 29 heavy (non-hydrogen) atoms. The number of benzene rings is 3. The number of esters is 1. The van der Waals surface area contributed by atoms with Gasteiger partial charge >= 0.3 is 5.97 Å². The SMILES string of the molecule is C[C@H](CCc1ccccc1)NC(=O)COC(=O)c1ccccc1-c1ccccc1. The van der Waals surface area contributed by atoms with Gasteiger partial charge in [0.15, 0.2) is 6.61 Å². The van der Waals surface area contributed by atoms with Crippen LogP contribution in [0.5, 0.6) is 0 Å². The van der Waals surface area contributed by atoms with Crippen LogP contribution in [0.4, 0.5) is 0 Å². The summed E-state index contributed by atoms with van der Waals surface area (Å²) in [7, 11) is 0. The fourth-order valence-electron chi connectivity index (χ4n) is 3.16. The topological polar surface area (TPSA) is 55.4 Å². The summed E-state index contributed by atoms with van der Waals surface area (Å²) in [5, 5.41) is 2.89. The Bertz CT molecular complexity index is 939. The molecule has 3 aromatic rings. The highest BCUT2D eigenvalue weighted by Crippen LogP contribution is 2.23. The summed E-state index contributed by atoms with van der Waals surface area (Å²) in [6.45, 7) is 1.66. The van der Waals surface area contributed by atoms with Crippen LogP contribution >= 0.6 is 0 Å². The number of hydrogen-bond donors (Lipinski definition) is 1. The summed E-state index contributed by atoms with van der Waals surface area (Å²) < 4.78 is 5.26. The molecule has 0 fully saturated rings. The van der Waals surface area contributed by atoms with Crippen molar-refractivity contribution in [2.24, 2.45) is 0 Å². The van der Waals surface area contributed by atoms with Gasteiger partial charge < -0.3 is 10.1 Å². The molecule has 4 heteroatoms. The third kappa shape index (κ3) is 6.04. The second-order valence-electron chi connectivity index (χ2n) is 6.98. The summed E-state index contributed by atoms with van der Waals surface area (Å²) in [6, 6.07) is 27.0. The molecule has 4 nitrogen and oxygen atoms in total. The number of carbonyl (C=O) groups excluding carboxylic acids is 2. The molecule has 3 aromatic carbocycles. The maximum atomic E-state index is 12.5. The normalized spacial score (nSPS) is 11.5. The van der Waals surface area contributed by atoms with Gasteiger partial charge in [0.1, 0.15) is 0 Å². The van der Waals surface area contributed by atoms with Crippen molar-refractivity contribution >= 4 is 11.9 Å². The Balaban J connectivity index is 1.51. The lowest BCUT2D eigenvalue weighted by atomic mass is 10.00. The highest BCUT2D eigenvalue weighted by atomic mass is 16.5. The summed E-state index contributed by atoms with van der Waals surface area (Å²) in [5.74, 6) is -0.798. The standard InChI is InChI=1S/C25H25NO3/c1-19(16-17-20-10-4-2-5-11-20)26-24(27)18-29-25(28)23-15-9-8-14-22(23)21-12-6-3-7-13-21/h2-15,19H,16-18H2,1H3,(H,26,27)/t19-/m1/s1. The molecule has 3 rings (SSSR count). The second kappa shape index (κ2) is 10.2. The van der Waals surface area contributed by atoms with Crippen LogP contribution in [0.2, 0.25) is 0 Å². The molecule has 0 aliphatic carbocycles. The third-order valence-corrected chi connectivity index (χ3v) is 4.68. The van der Waals surface area contributed by atoms with Crippen molar-refractivity contribution in [3.05, 3.63) is 96.1 Å². The van der Waals surface area contributed by atoms with Crippen LogP contribution in [0, 0.1) is 0 Å². The molecule has 0 heterocycles. The molecule has 1 atom stereocenters. The van der Waals surface area contributed by atoms with Crippen molar-refractivity contribution in [2.75, 3.05) is 6.61 Å². The van der Waals surface area contributed by atoms with Crippen LogP contribution in [-0.4, -0.2) is 24.5 Å². The molecule has 1 N–H and O–H groups in total. The number of carbonyl (C=O) groups is 2. The first-order valence-corrected chi connectivity index (χ1v) is 9.78. The highest BCUT2D eigenvalue weighted by Gasteiger charge is 2.16. The average Bonchev–Trinajstić information content (AvgIpc) is 2.77. The van der Waals surface area contributed by atoms with Crippen molar-refractivity contribution in [3.63, 3.8) is 0 Å². The van der Waals surface area contributed by atoms with Crippen LogP contribution in [-0.2, 0) is 16.0 Å². The zero-order valence-electron chi connectivity index (χ0n) is 16.5. The minimum Gasteiger partial charge on any atom is -0.452 e. The maximum Gasteiger partial charge on any atom is 0.339 e. The molecule has 0 saturated carbocycles. The smallest absolute Gasteiger partial charge is 0.339 e. The monoisotopic (exact) mass is 387 g/mol. The van der Waals surface area contributed by atoms with E-state index >= 15 is 0 Å². The van der Waals surface area contributed by atoms with E-state index in [4.69, 9.17) is 4.74 Å². The molecule has 148 valence electrons. The molecule has 0 radical (unpaired) electrons. The fourth-order valence-corrected chi connectivity index (χ4v) is 3.16. The number of nitrogens with one attached hydrogen (secondary N) is 1. The number of rotatable bonds is 8. The van der Waals surface area contributed by atoms with E-state index in [1.807, 2.05) is 67.6 Å². The molecule has 1 amide bonds. The largest absolute Gasteiger partial charge is 0.452 e. The molecule has 0 unspecified atom stereocenters. The molecular weight excluding hydrogens is 362 g/mol. The summed E-state index contributed by atoms with van der Waals surface area (Å²) in [6.07, 6.45) is 1.70. The van der Waals surface area contributed by atoms with E-state index < -0.39 is 5.97 Å². The first kappa shape index (κ1) is 20.3. The van der Waals surface area contributed by atoms with Gasteiger partial charge in [0.05, 0.1) is 5.56 Å². The van der Waals surface area contributed by atoms with Gasteiger partial charge in [-0.2, -0.15) is 0 Å². The quantitative estimate of drug-likeness (QED) is 0.573. The number of amides is 1. The molecule has 0 spiro atoms. The third-order valence-electron chi connectivity index (χ3n) is 4.68. The van der Waals surface area contributed by atoms with Gasteiger partial charge in [-0.3, -0.25) is 4.79 Å². The first-order chi connectivity index (χ1) is 14.1. The highest BCUT2D eigenvalue weighted by molar-refractivity contribution is 5.98. The summed E-state index contributed by atoms with van der Waals surface area (Å²) >= 11 is 0. The van der Waals surface area contributed by atoms with Crippen LogP contribution in [0.15, 0.2) is 84.9 Å². The molecule has 0 saturated heterocycles. The zero-order valence-corrected chi connectivity index (χ0v) is 16.5. The van der Waals surface area contributed by atoms with E-state index in [0.29, 0.717) is 5.56 Å². The maximum absolute atomic E-state index is 12.5. The minimum atomic E-state index is -0.503. The van der Waals surface area contributed by atoms with Crippen molar-refractivity contribution in [3.8, 4) is 11.1 Å². The Kier molecular flexibility index (Phi) is 7.17. The van der Waals surface area contributed by atoms with E-state index in [-0.39, 0.29) is 18.6 Å². The predicted molar refractivity (Wildman–Crippen MR) is 115 cm³/mol. The van der Waals surface area contributed by atoms with Crippen molar-refractivity contribution < 1.29 is 14.3 Å². The van der Waals surface area contributed by atoms with Gasteiger partial charge in [-0.25, -0.2) is 4.79 Å². The molecule has 0 aliphatic heterocycles. The van der Waals surface area contributed by atoms with Gasteiger partial charge in [-0.05, 0) is 42.5 Å². The predicted octanol–water partition coefficient (Wildman–Crippen LogP) is 4.65. The lowest BCUT2D eigenvalue weighted by Gasteiger charge is -2.14. The van der Waals surface area contributed by atoms with E-state index in [0.717, 1.165) is 24.0 Å². The van der Waals surface area contributed by atoms with E-state index in [9.17, 15) is 9.59 Å². The van der Waals surface area contributed by atoms with Gasteiger partial charge in [-0.1, -0.05) is 78.9 Å². The van der Waals surface area contributed by atoms with Crippen molar-refractivity contribution in [1.29, 1.82) is 0 Å². The number of aryl methyl sites for hydroxylation is 1. The Morgan fingerprint density at radius 3 is 2.21 bits per heavy atom. The minimum absolute atomic E-state index is 0.00184. The Morgan fingerprint density at radius 2 is 1.48 bits per heavy atom. The van der Waals surface area contributed by atoms with E-state index in [2.05, 4.69) is 17.4 Å². The molecular formula is C25H25NO3. The van der Waals surface area contributed by atoms with Gasteiger partial charge in [0.2, 0.25) is 0 Å². The van der Waals surface area contributed by atoms with Crippen LogP contribution in [0.3, 0.4) is 0 Å². The summed E-state index contributed by atoms with van der Waals surface area (Å²) in [5.41, 5.74) is 3.40. The van der Waals surface area contributed by atoms with E-state index in [1.54, 1.807) is 12.1 Å². The first-order valence-electron chi connectivity index (χ1n) is 9.78. The molecule has 0 bridgehead atoms. The fraction of sp³-hybridized carbons (Fsp3) is 0.200. The van der Waals surface area contributed by atoms with Crippen LogP contribution in [0.1, 0.15) is 29.3 Å². The van der Waals surface area contributed by atoms with Gasteiger partial charge in [0.25, 0.3) is 5.91 Å². The Hall–Kier alpha value is -3.40. The number of ether oxygens (including phenoxy) is 1. The zero-order chi connectivity index (χ0) is 20.5. The summed E-state index contributed by atoms with van der Waals surface area (Å²) in [4.78, 5) is 24.7. The van der Waals surface area contributed by atoms with Crippen LogP contribution < -0.4 is 5.32 Å². The van der Waals surface area contributed by atoms with Gasteiger partial charge in [-0.15, -0.1) is 0 Å². The van der Waals surface area contributed by atoms with Crippen molar-refractivity contribution in [1.82, 2.24) is 5.32 Å². The van der Waals surface area contributed by atoms with E-state index in [1.165, 1.54) is 5.56 Å². The van der Waals surface area contributed by atoms with Crippen LogP contribution in [0.25, 0.3) is 11.1 Å². The second-order valence-corrected chi connectivity index (χ2v) is 6.98. The Morgan fingerprint density at radius 1 is 0.862 bits per heavy atom. The molecule has 0 aliphatic rings. The van der Waals surface area contributed by atoms with Gasteiger partial charge in [0, 0.05) is 6.04 Å². The lowest BCUT2D eigenvalue weighted by molar-refractivity contribution is -0.124. The van der Waals surface area contributed by atoms with Crippen molar-refractivity contribution in [2.45, 2.75) is 25.8 Å². The Labute approximate surface area is 171 Å². The average molecular weight is 387 g/mol. The lowest BCUT2D eigenvalue weighted by Crippen LogP contribution is -2.36.